The monoisotopic (exact) mass is 454 g/mol. The van der Waals surface area contributed by atoms with Crippen molar-refractivity contribution in [1.29, 1.82) is 0 Å². The first kappa shape index (κ1) is 24.4. The average molecular weight is 455 g/mol. The lowest BCUT2D eigenvalue weighted by molar-refractivity contribution is 0.223. The Morgan fingerprint density at radius 1 is 0.933 bits per heavy atom. The quantitative estimate of drug-likeness (QED) is 0.635. The molecule has 166 valence electrons. The molecule has 2 heterocycles. The Hall–Kier alpha value is -1.82. The minimum Gasteiger partial charge on any atom is -0.497 e. The van der Waals surface area contributed by atoms with Crippen LogP contribution in [0.1, 0.15) is 24.3 Å². The molecule has 2 aromatic carbocycles. The highest BCUT2D eigenvalue weighted by atomic mass is 35.5. The molecule has 4 rings (SSSR count). The van der Waals surface area contributed by atoms with E-state index in [2.05, 4.69) is 46.2 Å². The maximum Gasteiger partial charge on any atom is 0.124 e. The number of halogens is 2. The molecule has 0 spiro atoms. The smallest absolute Gasteiger partial charge is 0.124 e. The summed E-state index contributed by atoms with van der Waals surface area (Å²) in [5.74, 6) is 3.38. The number of ether oxygens (including phenoxy) is 3. The lowest BCUT2D eigenvalue weighted by Gasteiger charge is -2.37. The number of benzene rings is 2. The van der Waals surface area contributed by atoms with Crippen molar-refractivity contribution in [1.82, 2.24) is 4.90 Å². The van der Waals surface area contributed by atoms with Crippen molar-refractivity contribution in [3.05, 3.63) is 48.0 Å². The van der Waals surface area contributed by atoms with Crippen LogP contribution in [-0.2, 0) is 0 Å². The second kappa shape index (κ2) is 11.5. The number of nitrogens with zero attached hydrogens (tertiary/aromatic N) is 2. The lowest BCUT2D eigenvalue weighted by Crippen LogP contribution is -2.46. The molecule has 7 heteroatoms. The third-order valence-electron chi connectivity index (χ3n) is 5.95. The summed E-state index contributed by atoms with van der Waals surface area (Å²) >= 11 is 0. The minimum atomic E-state index is 0. The number of methoxy groups -OCH3 is 2. The van der Waals surface area contributed by atoms with Gasteiger partial charge in [0.2, 0.25) is 0 Å². The molecule has 0 aliphatic carbocycles. The van der Waals surface area contributed by atoms with E-state index in [4.69, 9.17) is 14.2 Å². The highest BCUT2D eigenvalue weighted by molar-refractivity contribution is 5.85. The third kappa shape index (κ3) is 5.65. The van der Waals surface area contributed by atoms with Gasteiger partial charge in [0.15, 0.2) is 0 Å². The van der Waals surface area contributed by atoms with E-state index < -0.39 is 0 Å². The van der Waals surface area contributed by atoms with Crippen LogP contribution in [0.15, 0.2) is 42.5 Å². The fourth-order valence-electron chi connectivity index (χ4n) is 4.26. The molecule has 1 atom stereocenters. The molecule has 0 N–H and O–H groups in total. The number of para-hydroxylation sites is 1. The maximum absolute atomic E-state index is 5.81. The Balaban J connectivity index is 0.00000160. The van der Waals surface area contributed by atoms with E-state index in [0.717, 1.165) is 63.0 Å². The van der Waals surface area contributed by atoms with Crippen LogP contribution in [0.3, 0.4) is 0 Å². The molecule has 0 amide bonds. The first-order valence-electron chi connectivity index (χ1n) is 10.2. The molecular weight excluding hydrogens is 423 g/mol. The standard InChI is InChI=1S/C23H30N2O3.2ClH/c1-26-20-15-19(16-21(17-20)27-2)25-12-10-24(11-13-25)9-7-18-8-14-28-23-6-4-3-5-22(18)23;;/h3-6,15-18H,7-14H2,1-2H3;2*1H. The van der Waals surface area contributed by atoms with Gasteiger partial charge in [-0.1, -0.05) is 18.2 Å². The molecule has 30 heavy (non-hydrogen) atoms. The topological polar surface area (TPSA) is 34.2 Å². The van der Waals surface area contributed by atoms with Crippen LogP contribution < -0.4 is 19.1 Å². The molecule has 0 aromatic heterocycles. The van der Waals surface area contributed by atoms with E-state index in [-0.39, 0.29) is 24.8 Å². The third-order valence-corrected chi connectivity index (χ3v) is 5.95. The van der Waals surface area contributed by atoms with Crippen LogP contribution in [0.25, 0.3) is 0 Å². The van der Waals surface area contributed by atoms with Gasteiger partial charge in [-0.05, 0) is 36.9 Å². The molecule has 0 radical (unpaired) electrons. The zero-order valence-corrected chi connectivity index (χ0v) is 19.3. The van der Waals surface area contributed by atoms with Crippen molar-refractivity contribution in [3.8, 4) is 17.2 Å². The van der Waals surface area contributed by atoms with Crippen LogP contribution in [0.2, 0.25) is 0 Å². The molecule has 2 aliphatic heterocycles. The minimum absolute atomic E-state index is 0. The summed E-state index contributed by atoms with van der Waals surface area (Å²) in [6, 6.07) is 14.6. The van der Waals surface area contributed by atoms with Crippen LogP contribution in [-0.4, -0.2) is 58.5 Å². The summed E-state index contributed by atoms with van der Waals surface area (Å²) in [6.45, 7) is 6.22. The van der Waals surface area contributed by atoms with Crippen molar-refractivity contribution < 1.29 is 14.2 Å². The molecule has 1 saturated heterocycles. The average Bonchev–Trinajstić information content (AvgIpc) is 2.77. The van der Waals surface area contributed by atoms with Gasteiger partial charge in [-0.25, -0.2) is 0 Å². The molecule has 0 bridgehead atoms. The zero-order valence-electron chi connectivity index (χ0n) is 17.7. The Morgan fingerprint density at radius 2 is 1.60 bits per heavy atom. The van der Waals surface area contributed by atoms with Gasteiger partial charge in [0.25, 0.3) is 0 Å². The number of fused-ring (bicyclic) bond motifs is 1. The number of hydrogen-bond acceptors (Lipinski definition) is 5. The van der Waals surface area contributed by atoms with E-state index in [1.54, 1.807) is 14.2 Å². The Morgan fingerprint density at radius 3 is 2.27 bits per heavy atom. The molecule has 1 unspecified atom stereocenters. The molecular formula is C23H32Cl2N2O3. The van der Waals surface area contributed by atoms with E-state index in [0.29, 0.717) is 5.92 Å². The van der Waals surface area contributed by atoms with Crippen molar-refractivity contribution >= 4 is 30.5 Å². The van der Waals surface area contributed by atoms with Gasteiger partial charge in [0.05, 0.1) is 20.8 Å². The Bertz CT molecular complexity index is 776. The van der Waals surface area contributed by atoms with Crippen LogP contribution in [0.4, 0.5) is 5.69 Å². The molecule has 2 aliphatic rings. The van der Waals surface area contributed by atoms with Gasteiger partial charge in [-0.15, -0.1) is 24.8 Å². The maximum atomic E-state index is 5.81. The number of rotatable bonds is 6. The van der Waals surface area contributed by atoms with Crippen LogP contribution in [0, 0.1) is 0 Å². The highest BCUT2D eigenvalue weighted by Gasteiger charge is 2.23. The second-order valence-corrected chi connectivity index (χ2v) is 7.56. The van der Waals surface area contributed by atoms with Gasteiger partial charge < -0.3 is 19.1 Å². The van der Waals surface area contributed by atoms with E-state index >= 15 is 0 Å². The summed E-state index contributed by atoms with van der Waals surface area (Å²) in [5.41, 5.74) is 2.56. The zero-order chi connectivity index (χ0) is 19.3. The summed E-state index contributed by atoms with van der Waals surface area (Å²) in [7, 11) is 3.40. The van der Waals surface area contributed by atoms with Gasteiger partial charge >= 0.3 is 0 Å². The summed E-state index contributed by atoms with van der Waals surface area (Å²) < 4.78 is 16.6. The molecule has 2 aromatic rings. The largest absolute Gasteiger partial charge is 0.497 e. The van der Waals surface area contributed by atoms with Crippen molar-refractivity contribution in [2.45, 2.75) is 18.8 Å². The second-order valence-electron chi connectivity index (χ2n) is 7.56. The van der Waals surface area contributed by atoms with Gasteiger partial charge in [-0.3, -0.25) is 4.90 Å². The number of hydrogen-bond donors (Lipinski definition) is 0. The van der Waals surface area contributed by atoms with Crippen molar-refractivity contribution in [3.63, 3.8) is 0 Å². The van der Waals surface area contributed by atoms with E-state index in [1.807, 2.05) is 6.07 Å². The number of anilines is 1. The SMILES string of the molecule is COc1cc(OC)cc(N2CCN(CCC3CCOc4ccccc43)CC2)c1.Cl.Cl. The lowest BCUT2D eigenvalue weighted by atomic mass is 9.90. The van der Waals surface area contributed by atoms with Crippen molar-refractivity contribution in [2.75, 3.05) is 58.5 Å². The first-order chi connectivity index (χ1) is 13.8. The molecule has 1 fully saturated rings. The fraction of sp³-hybridized carbons (Fsp3) is 0.478. The summed E-state index contributed by atoms with van der Waals surface area (Å²) in [6.07, 6.45) is 2.33. The van der Waals surface area contributed by atoms with Gasteiger partial charge in [0, 0.05) is 50.1 Å². The van der Waals surface area contributed by atoms with E-state index in [9.17, 15) is 0 Å². The Labute approximate surface area is 192 Å². The van der Waals surface area contributed by atoms with Crippen molar-refractivity contribution in [2.24, 2.45) is 0 Å². The predicted molar refractivity (Wildman–Crippen MR) is 127 cm³/mol. The number of piperazine rings is 1. The normalized spacial score (nSPS) is 18.3. The van der Waals surface area contributed by atoms with Crippen LogP contribution >= 0.6 is 24.8 Å². The molecule has 5 nitrogen and oxygen atoms in total. The summed E-state index contributed by atoms with van der Waals surface area (Å²) in [4.78, 5) is 5.01. The van der Waals surface area contributed by atoms with Gasteiger partial charge in [-0.2, -0.15) is 0 Å². The van der Waals surface area contributed by atoms with Crippen LogP contribution in [0.5, 0.6) is 17.2 Å². The highest BCUT2D eigenvalue weighted by Crippen LogP contribution is 2.35. The fourth-order valence-corrected chi connectivity index (χ4v) is 4.26. The van der Waals surface area contributed by atoms with E-state index in [1.165, 1.54) is 17.7 Å². The predicted octanol–water partition coefficient (Wildman–Crippen LogP) is 4.63. The summed E-state index contributed by atoms with van der Waals surface area (Å²) in [5, 5.41) is 0. The van der Waals surface area contributed by atoms with Gasteiger partial charge in [0.1, 0.15) is 17.2 Å². The Kier molecular flexibility index (Phi) is 9.40. The first-order valence-corrected chi connectivity index (χ1v) is 10.2. The molecule has 0 saturated carbocycles.